The van der Waals surface area contributed by atoms with E-state index in [4.69, 9.17) is 9.72 Å². The van der Waals surface area contributed by atoms with Gasteiger partial charge >= 0.3 is 0 Å². The second-order valence-electron chi connectivity index (χ2n) is 7.77. The van der Waals surface area contributed by atoms with E-state index in [1.165, 1.54) is 6.33 Å². The van der Waals surface area contributed by atoms with Gasteiger partial charge in [0.25, 0.3) is 0 Å². The molecule has 7 heteroatoms. The zero-order chi connectivity index (χ0) is 23.2. The van der Waals surface area contributed by atoms with Gasteiger partial charge in [0.1, 0.15) is 36.4 Å². The maximum Gasteiger partial charge on any atom is 0.137 e. The van der Waals surface area contributed by atoms with Crippen LogP contribution in [0.3, 0.4) is 0 Å². The minimum Gasteiger partial charge on any atom is -0.491 e. The van der Waals surface area contributed by atoms with E-state index in [9.17, 15) is 5.11 Å². The van der Waals surface area contributed by atoms with Crippen LogP contribution in [0.15, 0.2) is 104 Å². The first-order chi connectivity index (χ1) is 16.8. The normalized spacial score (nSPS) is 11.8. The summed E-state index contributed by atoms with van der Waals surface area (Å²) < 4.78 is 5.90. The smallest absolute Gasteiger partial charge is 0.137 e. The average molecular weight is 450 g/mol. The molecule has 0 bridgehead atoms. The molecule has 1 unspecified atom stereocenters. The maximum absolute atomic E-state index is 10.9. The van der Waals surface area contributed by atoms with Gasteiger partial charge in [0.2, 0.25) is 0 Å². The number of hydrogen-bond donors (Lipinski definition) is 1. The Morgan fingerprint density at radius 3 is 2.56 bits per heavy atom. The summed E-state index contributed by atoms with van der Waals surface area (Å²) in [5.74, 6) is 2.00. The fourth-order valence-electron chi connectivity index (χ4n) is 3.71. The van der Waals surface area contributed by atoms with Crippen molar-refractivity contribution >= 4 is 22.4 Å². The lowest BCUT2D eigenvalue weighted by Gasteiger charge is -2.25. The van der Waals surface area contributed by atoms with Crippen LogP contribution in [-0.2, 0) is 0 Å². The SMILES string of the molecule is OC(COc1ccc2ccccc2c1)CN(c1ccncn1)c1cccc(-c2cccnc2)n1. The predicted molar refractivity (Wildman–Crippen MR) is 132 cm³/mol. The van der Waals surface area contributed by atoms with Gasteiger partial charge in [0.15, 0.2) is 0 Å². The van der Waals surface area contributed by atoms with Crippen molar-refractivity contribution in [2.24, 2.45) is 0 Å². The summed E-state index contributed by atoms with van der Waals surface area (Å²) >= 11 is 0. The van der Waals surface area contributed by atoms with Crippen LogP contribution < -0.4 is 9.64 Å². The molecule has 0 aliphatic heterocycles. The van der Waals surface area contributed by atoms with Gasteiger partial charge in [0.05, 0.1) is 12.2 Å². The van der Waals surface area contributed by atoms with E-state index in [-0.39, 0.29) is 13.2 Å². The Morgan fingerprint density at radius 1 is 0.824 bits per heavy atom. The summed E-state index contributed by atoms with van der Waals surface area (Å²) in [7, 11) is 0. The van der Waals surface area contributed by atoms with Gasteiger partial charge in [-0.25, -0.2) is 15.0 Å². The molecule has 3 aromatic heterocycles. The van der Waals surface area contributed by atoms with Crippen LogP contribution in [0, 0.1) is 0 Å². The van der Waals surface area contributed by atoms with Crippen LogP contribution in [0.2, 0.25) is 0 Å². The lowest BCUT2D eigenvalue weighted by Crippen LogP contribution is -2.33. The maximum atomic E-state index is 10.9. The molecule has 1 atom stereocenters. The number of fused-ring (bicyclic) bond motifs is 1. The second kappa shape index (κ2) is 10.1. The van der Waals surface area contributed by atoms with Crippen molar-refractivity contribution < 1.29 is 9.84 Å². The van der Waals surface area contributed by atoms with Crippen molar-refractivity contribution in [2.75, 3.05) is 18.1 Å². The zero-order valence-electron chi connectivity index (χ0n) is 18.4. The Labute approximate surface area is 197 Å². The van der Waals surface area contributed by atoms with E-state index in [0.717, 1.165) is 22.0 Å². The summed E-state index contributed by atoms with van der Waals surface area (Å²) in [4.78, 5) is 19.2. The highest BCUT2D eigenvalue weighted by molar-refractivity contribution is 5.83. The number of hydrogen-bond acceptors (Lipinski definition) is 7. The summed E-state index contributed by atoms with van der Waals surface area (Å²) in [6.07, 6.45) is 5.86. The summed E-state index contributed by atoms with van der Waals surface area (Å²) in [6.45, 7) is 0.371. The molecule has 0 fully saturated rings. The highest BCUT2D eigenvalue weighted by Gasteiger charge is 2.18. The van der Waals surface area contributed by atoms with Crippen molar-refractivity contribution in [1.29, 1.82) is 0 Å². The Balaban J connectivity index is 1.35. The quantitative estimate of drug-likeness (QED) is 0.369. The summed E-state index contributed by atoms with van der Waals surface area (Å²) in [5, 5.41) is 13.1. The second-order valence-corrected chi connectivity index (χ2v) is 7.77. The van der Waals surface area contributed by atoms with Gasteiger partial charge in [0, 0.05) is 24.2 Å². The number of ether oxygens (including phenoxy) is 1. The molecule has 0 amide bonds. The number of aliphatic hydroxyl groups excluding tert-OH is 1. The molecular formula is C27H23N5O2. The highest BCUT2D eigenvalue weighted by Crippen LogP contribution is 2.25. The molecule has 0 radical (unpaired) electrons. The van der Waals surface area contributed by atoms with Crippen LogP contribution in [0.1, 0.15) is 0 Å². The Hall–Kier alpha value is -4.36. The van der Waals surface area contributed by atoms with Gasteiger partial charge in [-0.3, -0.25) is 4.98 Å². The standard InChI is InChI=1S/C27H23N5O2/c33-23(18-34-24-11-10-20-5-1-2-6-21(20)15-24)17-32(26-12-14-29-19-30-26)27-9-3-8-25(31-27)22-7-4-13-28-16-22/h1-16,19,23,33H,17-18H2. The third-order valence-electron chi connectivity index (χ3n) is 5.37. The van der Waals surface area contributed by atoms with Crippen LogP contribution in [0.5, 0.6) is 5.75 Å². The van der Waals surface area contributed by atoms with Gasteiger partial charge in [-0.1, -0.05) is 36.4 Å². The molecule has 168 valence electrons. The third kappa shape index (κ3) is 5.00. The fraction of sp³-hybridized carbons (Fsp3) is 0.111. The highest BCUT2D eigenvalue weighted by atomic mass is 16.5. The molecule has 1 N–H and O–H groups in total. The lowest BCUT2D eigenvalue weighted by molar-refractivity contribution is 0.114. The first-order valence-corrected chi connectivity index (χ1v) is 11.0. The Bertz CT molecular complexity index is 1370. The Kier molecular flexibility index (Phi) is 6.36. The molecule has 34 heavy (non-hydrogen) atoms. The molecular weight excluding hydrogens is 426 g/mol. The number of pyridine rings is 2. The minimum atomic E-state index is -0.787. The molecule has 0 saturated heterocycles. The lowest BCUT2D eigenvalue weighted by atomic mass is 10.1. The van der Waals surface area contributed by atoms with Gasteiger partial charge in [-0.05, 0) is 53.2 Å². The summed E-state index contributed by atoms with van der Waals surface area (Å²) in [5.41, 5.74) is 1.69. The third-order valence-corrected chi connectivity index (χ3v) is 5.37. The van der Waals surface area contributed by atoms with Crippen LogP contribution in [0.25, 0.3) is 22.0 Å². The molecule has 3 heterocycles. The van der Waals surface area contributed by atoms with Crippen LogP contribution >= 0.6 is 0 Å². The topological polar surface area (TPSA) is 84.3 Å². The molecule has 5 aromatic rings. The van der Waals surface area contributed by atoms with Crippen molar-refractivity contribution in [3.05, 3.63) is 104 Å². The summed E-state index contributed by atoms with van der Waals surface area (Å²) in [6, 6.07) is 25.4. The van der Waals surface area contributed by atoms with Crippen molar-refractivity contribution in [3.8, 4) is 17.0 Å². The van der Waals surface area contributed by atoms with E-state index < -0.39 is 6.10 Å². The molecule has 5 rings (SSSR count). The number of nitrogens with zero attached hydrogens (tertiary/aromatic N) is 5. The number of aliphatic hydroxyl groups is 1. The van der Waals surface area contributed by atoms with E-state index in [2.05, 4.69) is 21.0 Å². The first-order valence-electron chi connectivity index (χ1n) is 11.0. The molecule has 0 saturated carbocycles. The van der Waals surface area contributed by atoms with E-state index in [1.54, 1.807) is 24.7 Å². The van der Waals surface area contributed by atoms with Gasteiger partial charge in [-0.15, -0.1) is 0 Å². The van der Waals surface area contributed by atoms with Crippen LogP contribution in [-0.4, -0.2) is 44.3 Å². The molecule has 7 nitrogen and oxygen atoms in total. The Morgan fingerprint density at radius 2 is 1.74 bits per heavy atom. The molecule has 0 spiro atoms. The van der Waals surface area contributed by atoms with Crippen LogP contribution in [0.4, 0.5) is 11.6 Å². The number of aromatic nitrogens is 4. The van der Waals surface area contributed by atoms with Gasteiger partial charge in [-0.2, -0.15) is 0 Å². The number of benzene rings is 2. The van der Waals surface area contributed by atoms with E-state index in [0.29, 0.717) is 17.4 Å². The predicted octanol–water partition coefficient (Wildman–Crippen LogP) is 4.66. The van der Waals surface area contributed by atoms with E-state index >= 15 is 0 Å². The number of anilines is 2. The van der Waals surface area contributed by atoms with Crippen molar-refractivity contribution in [2.45, 2.75) is 6.10 Å². The van der Waals surface area contributed by atoms with Gasteiger partial charge < -0.3 is 14.7 Å². The fourth-order valence-corrected chi connectivity index (χ4v) is 3.71. The first kappa shape index (κ1) is 21.5. The number of rotatable bonds is 8. The monoisotopic (exact) mass is 449 g/mol. The van der Waals surface area contributed by atoms with Crippen molar-refractivity contribution in [3.63, 3.8) is 0 Å². The molecule has 0 aliphatic rings. The average Bonchev–Trinajstić information content (AvgIpc) is 2.91. The molecule has 2 aromatic carbocycles. The largest absolute Gasteiger partial charge is 0.491 e. The van der Waals surface area contributed by atoms with Crippen molar-refractivity contribution in [1.82, 2.24) is 19.9 Å². The zero-order valence-corrected chi connectivity index (χ0v) is 18.4. The van der Waals surface area contributed by atoms with E-state index in [1.807, 2.05) is 71.6 Å². The minimum absolute atomic E-state index is 0.127. The molecule has 0 aliphatic carbocycles.